The summed E-state index contributed by atoms with van der Waals surface area (Å²) in [6.45, 7) is 0. The van der Waals surface area contributed by atoms with Crippen molar-refractivity contribution in [1.29, 1.82) is 0 Å². The average molecular weight is 448 g/mol. The first-order valence-electron chi connectivity index (χ1n) is 5.29. The summed E-state index contributed by atoms with van der Waals surface area (Å²) in [6, 6.07) is -4.33. The molecule has 0 bridgehead atoms. The molecule has 0 aliphatic rings. The number of hydrogen-bond acceptors (Lipinski definition) is 3. The van der Waals surface area contributed by atoms with E-state index >= 15 is 0 Å². The van der Waals surface area contributed by atoms with Crippen LogP contribution in [0.3, 0.4) is 0 Å². The topological polar surface area (TPSA) is 35.5 Å². The van der Waals surface area contributed by atoms with E-state index < -0.39 is 48.5 Å². The Balaban J connectivity index is 6.18. The van der Waals surface area contributed by atoms with Crippen LogP contribution in [-0.2, 0) is 14.3 Å². The van der Waals surface area contributed by atoms with E-state index in [-0.39, 0.29) is 0 Å². The molecule has 0 aliphatic heterocycles. The average Bonchev–Trinajstić information content (AvgIpc) is 2.33. The summed E-state index contributed by atoms with van der Waals surface area (Å²) in [7, 11) is 0. The highest BCUT2D eigenvalue weighted by molar-refractivity contribution is 5.74. The van der Waals surface area contributed by atoms with Crippen molar-refractivity contribution >= 4 is 6.04 Å². The molecular weight excluding hydrogens is 448 g/mol. The second-order valence-corrected chi connectivity index (χ2v) is 4.20. The molecule has 0 heterocycles. The van der Waals surface area contributed by atoms with Gasteiger partial charge in [0.2, 0.25) is 0 Å². The molecule has 0 rings (SSSR count). The molecule has 0 saturated carbocycles. The van der Waals surface area contributed by atoms with Crippen molar-refractivity contribution in [3.63, 3.8) is 0 Å². The normalized spacial score (nSPS) is 15.9. The molecule has 0 saturated heterocycles. The standard InChI is InChI=1S/C8F16O3/c9-1(25)2(10,11)26-6(18,19)4(14,15)3(12,13)5(16,17)7(20,21)27-8(22,23)24. The van der Waals surface area contributed by atoms with Gasteiger partial charge < -0.3 is 0 Å². The van der Waals surface area contributed by atoms with Gasteiger partial charge in [0.05, 0.1) is 0 Å². The summed E-state index contributed by atoms with van der Waals surface area (Å²) < 4.78 is 201. The van der Waals surface area contributed by atoms with Crippen molar-refractivity contribution in [3.8, 4) is 0 Å². The molecule has 3 nitrogen and oxygen atoms in total. The third-order valence-electron chi connectivity index (χ3n) is 2.25. The van der Waals surface area contributed by atoms with Gasteiger partial charge in [-0.3, -0.25) is 4.79 Å². The fourth-order valence-corrected chi connectivity index (χ4v) is 1.04. The van der Waals surface area contributed by atoms with Crippen LogP contribution in [0.25, 0.3) is 0 Å². The molecule has 0 aliphatic carbocycles. The highest BCUT2D eigenvalue weighted by Gasteiger charge is 2.89. The van der Waals surface area contributed by atoms with Gasteiger partial charge in [0.25, 0.3) is 0 Å². The Morgan fingerprint density at radius 1 is 0.519 bits per heavy atom. The summed E-state index contributed by atoms with van der Waals surface area (Å²) in [5.41, 5.74) is 0. The number of hydrogen-bond donors (Lipinski definition) is 0. The second-order valence-electron chi connectivity index (χ2n) is 4.20. The molecule has 0 unspecified atom stereocenters. The van der Waals surface area contributed by atoms with E-state index in [0.717, 1.165) is 0 Å². The number of rotatable bonds is 8. The maximum absolute atomic E-state index is 12.9. The highest BCUT2D eigenvalue weighted by Crippen LogP contribution is 2.58. The first-order chi connectivity index (χ1) is 11.4. The number of alkyl halides is 15. The Labute approximate surface area is 134 Å². The molecule has 19 heteroatoms. The lowest BCUT2D eigenvalue weighted by Gasteiger charge is -2.38. The van der Waals surface area contributed by atoms with E-state index in [0.29, 0.717) is 0 Å². The highest BCUT2D eigenvalue weighted by atomic mass is 19.4. The van der Waals surface area contributed by atoms with Crippen molar-refractivity contribution < 1.29 is 84.5 Å². The number of carbonyl (C=O) groups excluding carboxylic acids is 1. The molecular formula is C8F16O3. The van der Waals surface area contributed by atoms with Gasteiger partial charge in [0, 0.05) is 0 Å². The van der Waals surface area contributed by atoms with Gasteiger partial charge in [0.15, 0.2) is 0 Å². The summed E-state index contributed by atoms with van der Waals surface area (Å²) >= 11 is 0. The molecule has 0 spiro atoms. The SMILES string of the molecule is O=C(F)C(F)(F)OC(F)(F)C(F)(F)C(F)(F)C(F)(F)C(F)(F)OC(F)(F)F. The van der Waals surface area contributed by atoms with Crippen molar-refractivity contribution in [2.75, 3.05) is 0 Å². The predicted molar refractivity (Wildman–Crippen MR) is 44.0 cm³/mol. The first kappa shape index (κ1) is 25.5. The molecule has 0 aromatic carbocycles. The van der Waals surface area contributed by atoms with Gasteiger partial charge >= 0.3 is 48.5 Å². The Morgan fingerprint density at radius 3 is 1.07 bits per heavy atom. The van der Waals surface area contributed by atoms with Gasteiger partial charge in [-0.1, -0.05) is 0 Å². The Bertz CT molecular complexity index is 563. The molecule has 162 valence electrons. The third kappa shape index (κ3) is 4.49. The van der Waals surface area contributed by atoms with Crippen LogP contribution in [0.2, 0.25) is 0 Å². The Kier molecular flexibility index (Phi) is 6.15. The van der Waals surface area contributed by atoms with E-state index in [2.05, 4.69) is 0 Å². The lowest BCUT2D eigenvalue weighted by Crippen LogP contribution is -2.69. The zero-order valence-corrected chi connectivity index (χ0v) is 11.3. The largest absolute Gasteiger partial charge is 0.527 e. The fraction of sp³-hybridized carbons (Fsp3) is 0.875. The molecule has 0 radical (unpaired) electrons. The van der Waals surface area contributed by atoms with Gasteiger partial charge in [0.1, 0.15) is 0 Å². The molecule has 0 fully saturated rings. The summed E-state index contributed by atoms with van der Waals surface area (Å²) in [4.78, 5) is 9.51. The van der Waals surface area contributed by atoms with Crippen molar-refractivity contribution in [2.45, 2.75) is 42.5 Å². The smallest absolute Gasteiger partial charge is 0.251 e. The third-order valence-corrected chi connectivity index (χ3v) is 2.25. The van der Waals surface area contributed by atoms with E-state index in [4.69, 9.17) is 0 Å². The van der Waals surface area contributed by atoms with Gasteiger partial charge in [-0.05, 0) is 0 Å². The summed E-state index contributed by atoms with van der Waals surface area (Å²) in [6.07, 6.45) is -28.9. The monoisotopic (exact) mass is 448 g/mol. The first-order valence-corrected chi connectivity index (χ1v) is 5.29. The van der Waals surface area contributed by atoms with Crippen LogP contribution in [0, 0.1) is 0 Å². The zero-order valence-electron chi connectivity index (χ0n) is 11.3. The maximum atomic E-state index is 12.9. The van der Waals surface area contributed by atoms with E-state index in [1.165, 1.54) is 9.47 Å². The molecule has 0 N–H and O–H groups in total. The predicted octanol–water partition coefficient (Wildman–Crippen LogP) is 4.72. The van der Waals surface area contributed by atoms with Crippen molar-refractivity contribution in [3.05, 3.63) is 0 Å². The van der Waals surface area contributed by atoms with Crippen molar-refractivity contribution in [2.24, 2.45) is 0 Å². The summed E-state index contributed by atoms with van der Waals surface area (Å²) in [5, 5.41) is 0. The summed E-state index contributed by atoms with van der Waals surface area (Å²) in [5.74, 6) is -24.6. The molecule has 0 amide bonds. The maximum Gasteiger partial charge on any atom is 0.527 e. The quantitative estimate of drug-likeness (QED) is 0.399. The van der Waals surface area contributed by atoms with Crippen LogP contribution in [0.1, 0.15) is 0 Å². The second kappa shape index (κ2) is 6.52. The van der Waals surface area contributed by atoms with Crippen LogP contribution in [-0.4, -0.2) is 48.5 Å². The van der Waals surface area contributed by atoms with Crippen LogP contribution in [0.5, 0.6) is 0 Å². The zero-order chi connectivity index (χ0) is 22.5. The lowest BCUT2D eigenvalue weighted by atomic mass is 10.0. The Morgan fingerprint density at radius 2 is 0.815 bits per heavy atom. The van der Waals surface area contributed by atoms with E-state index in [1.807, 2.05) is 0 Å². The van der Waals surface area contributed by atoms with Gasteiger partial charge in [-0.25, -0.2) is 9.47 Å². The molecule has 0 aromatic rings. The minimum absolute atomic E-state index is 1.18. The van der Waals surface area contributed by atoms with Gasteiger partial charge in [-0.15, -0.1) is 13.2 Å². The fourth-order valence-electron chi connectivity index (χ4n) is 1.04. The van der Waals surface area contributed by atoms with Crippen LogP contribution in [0.4, 0.5) is 70.2 Å². The molecule has 0 aromatic heterocycles. The van der Waals surface area contributed by atoms with Crippen LogP contribution in [0.15, 0.2) is 0 Å². The Hall–Kier alpha value is -1.53. The van der Waals surface area contributed by atoms with Crippen LogP contribution >= 0.6 is 0 Å². The number of halogens is 16. The number of carbonyl (C=O) groups is 1. The van der Waals surface area contributed by atoms with Crippen molar-refractivity contribution in [1.82, 2.24) is 0 Å². The molecule has 0 atom stereocenters. The molecule has 27 heavy (non-hydrogen) atoms. The van der Waals surface area contributed by atoms with Crippen LogP contribution < -0.4 is 0 Å². The van der Waals surface area contributed by atoms with Gasteiger partial charge in [-0.2, -0.15) is 57.1 Å². The lowest BCUT2D eigenvalue weighted by molar-refractivity contribution is -0.517. The van der Waals surface area contributed by atoms with E-state index in [1.54, 1.807) is 0 Å². The minimum atomic E-state index is -8.30. The minimum Gasteiger partial charge on any atom is -0.251 e. The number of ether oxygens (including phenoxy) is 2. The van der Waals surface area contributed by atoms with E-state index in [9.17, 15) is 75.0 Å².